The van der Waals surface area contributed by atoms with Crippen LogP contribution in [0.1, 0.15) is 15.2 Å². The molecule has 1 amide bonds. The van der Waals surface area contributed by atoms with Crippen LogP contribution in [0.25, 0.3) is 0 Å². The Morgan fingerprint density at radius 3 is 2.42 bits per heavy atom. The number of rotatable bonds is 5. The molecule has 1 heterocycles. The average Bonchev–Trinajstić information content (AvgIpc) is 2.87. The van der Waals surface area contributed by atoms with E-state index in [9.17, 15) is 26.7 Å². The number of hydrogen-bond donors (Lipinski definition) is 2. The van der Waals surface area contributed by atoms with Crippen molar-refractivity contribution in [3.63, 3.8) is 0 Å². The van der Waals surface area contributed by atoms with Crippen LogP contribution in [0.3, 0.4) is 0 Å². The van der Waals surface area contributed by atoms with Gasteiger partial charge in [-0.05, 0) is 23.7 Å². The van der Waals surface area contributed by atoms with Crippen LogP contribution in [0.5, 0.6) is 0 Å². The molecule has 0 unspecified atom stereocenters. The SMILES string of the molecule is O=C(NCc1c(F)cccc1F)c1snc(NC(F)=C(F)F)c1Cl. The lowest BCUT2D eigenvalue weighted by atomic mass is 10.2. The molecule has 2 N–H and O–H groups in total. The molecule has 11 heteroatoms. The molecule has 0 fully saturated rings. The zero-order valence-corrected chi connectivity index (χ0v) is 13.0. The molecule has 0 spiro atoms. The third kappa shape index (κ3) is 4.01. The number of carbonyl (C=O) groups excluding carboxylic acids is 1. The molecule has 1 aromatic carbocycles. The first kappa shape index (κ1) is 18.1. The number of anilines is 1. The molecule has 128 valence electrons. The van der Waals surface area contributed by atoms with Crippen molar-refractivity contribution < 1.29 is 26.7 Å². The molecule has 0 aliphatic heterocycles. The van der Waals surface area contributed by atoms with Gasteiger partial charge in [-0.2, -0.15) is 17.5 Å². The second kappa shape index (κ2) is 7.58. The van der Waals surface area contributed by atoms with E-state index in [2.05, 4.69) is 9.69 Å². The quantitative estimate of drug-likeness (QED) is 0.592. The summed E-state index contributed by atoms with van der Waals surface area (Å²) >= 11 is 6.26. The predicted octanol–water partition coefficient (Wildman–Crippen LogP) is 4.45. The van der Waals surface area contributed by atoms with Crippen LogP contribution >= 0.6 is 23.1 Å². The largest absolute Gasteiger partial charge is 0.347 e. The van der Waals surface area contributed by atoms with E-state index in [1.165, 1.54) is 6.07 Å². The van der Waals surface area contributed by atoms with Crippen LogP contribution < -0.4 is 10.6 Å². The first-order valence-electron chi connectivity index (χ1n) is 6.15. The lowest BCUT2D eigenvalue weighted by molar-refractivity contribution is 0.0954. The number of carbonyl (C=O) groups is 1. The Labute approximate surface area is 141 Å². The maximum atomic E-state index is 13.5. The molecule has 0 saturated heterocycles. The summed E-state index contributed by atoms with van der Waals surface area (Å²) in [5.41, 5.74) is -0.363. The zero-order chi connectivity index (χ0) is 17.9. The van der Waals surface area contributed by atoms with Crippen LogP contribution in [-0.2, 0) is 6.54 Å². The Morgan fingerprint density at radius 1 is 1.21 bits per heavy atom. The molecule has 4 nitrogen and oxygen atoms in total. The van der Waals surface area contributed by atoms with Crippen molar-refractivity contribution in [2.24, 2.45) is 0 Å². The second-order valence-electron chi connectivity index (χ2n) is 4.26. The third-order valence-electron chi connectivity index (χ3n) is 2.72. The van der Waals surface area contributed by atoms with Gasteiger partial charge in [-0.3, -0.25) is 4.79 Å². The third-order valence-corrected chi connectivity index (χ3v) is 4.05. The zero-order valence-electron chi connectivity index (χ0n) is 11.5. The van der Waals surface area contributed by atoms with Gasteiger partial charge in [0.2, 0.25) is 0 Å². The van der Waals surface area contributed by atoms with Gasteiger partial charge in [-0.25, -0.2) is 8.78 Å². The molecule has 24 heavy (non-hydrogen) atoms. The number of aromatic nitrogens is 1. The van der Waals surface area contributed by atoms with E-state index >= 15 is 0 Å². The van der Waals surface area contributed by atoms with Crippen molar-refractivity contribution in [3.05, 3.63) is 57.3 Å². The minimum atomic E-state index is -2.61. The van der Waals surface area contributed by atoms with E-state index in [1.807, 2.05) is 0 Å². The van der Waals surface area contributed by atoms with Gasteiger partial charge in [-0.15, -0.1) is 0 Å². The molecule has 0 aliphatic carbocycles. The van der Waals surface area contributed by atoms with Gasteiger partial charge in [0.25, 0.3) is 11.9 Å². The first-order chi connectivity index (χ1) is 11.3. The summed E-state index contributed by atoms with van der Waals surface area (Å²) in [7, 11) is 0. The van der Waals surface area contributed by atoms with Crippen LogP contribution in [0.15, 0.2) is 30.2 Å². The van der Waals surface area contributed by atoms with Gasteiger partial charge >= 0.3 is 6.08 Å². The number of amides is 1. The van der Waals surface area contributed by atoms with Crippen LogP contribution in [0, 0.1) is 11.6 Å². The highest BCUT2D eigenvalue weighted by Crippen LogP contribution is 2.30. The highest BCUT2D eigenvalue weighted by molar-refractivity contribution is 7.09. The lowest BCUT2D eigenvalue weighted by Crippen LogP contribution is -2.23. The van der Waals surface area contributed by atoms with E-state index in [1.54, 1.807) is 5.32 Å². The fourth-order valence-electron chi connectivity index (χ4n) is 1.60. The molecule has 1 aromatic heterocycles. The Morgan fingerprint density at radius 2 is 1.83 bits per heavy atom. The van der Waals surface area contributed by atoms with E-state index in [-0.39, 0.29) is 10.4 Å². The maximum Gasteiger partial charge on any atom is 0.322 e. The van der Waals surface area contributed by atoms with Crippen molar-refractivity contribution in [2.45, 2.75) is 6.54 Å². The fraction of sp³-hybridized carbons (Fsp3) is 0.0769. The summed E-state index contributed by atoms with van der Waals surface area (Å²) in [5, 5.41) is 3.42. The number of halogens is 6. The van der Waals surface area contributed by atoms with E-state index in [4.69, 9.17) is 11.6 Å². The van der Waals surface area contributed by atoms with Gasteiger partial charge < -0.3 is 10.6 Å². The molecular weight excluding hydrogens is 377 g/mol. The molecule has 0 atom stereocenters. The Kier molecular flexibility index (Phi) is 5.73. The smallest absolute Gasteiger partial charge is 0.322 e. The maximum absolute atomic E-state index is 13.5. The summed E-state index contributed by atoms with van der Waals surface area (Å²) in [5.74, 6) is -4.98. The topological polar surface area (TPSA) is 54.0 Å². The fourth-order valence-corrected chi connectivity index (χ4v) is 2.58. The Hall–Kier alpha value is -2.20. The average molecular weight is 384 g/mol. The van der Waals surface area contributed by atoms with E-state index < -0.39 is 47.0 Å². The summed E-state index contributed by atoms with van der Waals surface area (Å²) in [6.45, 7) is -0.471. The molecule has 0 aliphatic rings. The van der Waals surface area contributed by atoms with Crippen molar-refractivity contribution in [1.29, 1.82) is 0 Å². The molecular formula is C13H7ClF5N3OS. The van der Waals surface area contributed by atoms with Crippen molar-refractivity contribution >= 4 is 34.9 Å². The van der Waals surface area contributed by atoms with Crippen LogP contribution in [0.4, 0.5) is 27.8 Å². The van der Waals surface area contributed by atoms with Gasteiger partial charge in [0, 0.05) is 12.1 Å². The van der Waals surface area contributed by atoms with Crippen LogP contribution in [-0.4, -0.2) is 10.3 Å². The van der Waals surface area contributed by atoms with Gasteiger partial charge in [0.15, 0.2) is 5.82 Å². The highest BCUT2D eigenvalue weighted by Gasteiger charge is 2.21. The van der Waals surface area contributed by atoms with Crippen molar-refractivity contribution in [2.75, 3.05) is 5.32 Å². The molecule has 2 rings (SSSR count). The number of nitrogens with zero attached hydrogens (tertiary/aromatic N) is 1. The normalized spacial score (nSPS) is 10.4. The summed E-state index contributed by atoms with van der Waals surface area (Å²) in [4.78, 5) is 11.7. The highest BCUT2D eigenvalue weighted by atomic mass is 35.5. The lowest BCUT2D eigenvalue weighted by Gasteiger charge is -2.06. The first-order valence-corrected chi connectivity index (χ1v) is 7.30. The molecule has 0 bridgehead atoms. The van der Waals surface area contributed by atoms with Crippen molar-refractivity contribution in [1.82, 2.24) is 9.69 Å². The minimum absolute atomic E-state index is 0.233. The summed E-state index contributed by atoms with van der Waals surface area (Å²) < 4.78 is 67.3. The molecule has 2 aromatic rings. The Balaban J connectivity index is 2.11. The summed E-state index contributed by atoms with van der Waals surface area (Å²) in [6, 6.07) is 3.21. The summed E-state index contributed by atoms with van der Waals surface area (Å²) in [6.07, 6.45) is -2.61. The van der Waals surface area contributed by atoms with Gasteiger partial charge in [0.05, 0.1) is 0 Å². The second-order valence-corrected chi connectivity index (χ2v) is 5.41. The molecule has 0 radical (unpaired) electrons. The van der Waals surface area contributed by atoms with E-state index in [0.29, 0.717) is 11.5 Å². The number of hydrogen-bond acceptors (Lipinski definition) is 4. The monoisotopic (exact) mass is 383 g/mol. The van der Waals surface area contributed by atoms with Gasteiger partial charge in [-0.1, -0.05) is 17.7 Å². The number of nitrogens with one attached hydrogen (secondary N) is 2. The molecule has 0 saturated carbocycles. The number of benzene rings is 1. The van der Waals surface area contributed by atoms with Crippen molar-refractivity contribution in [3.8, 4) is 0 Å². The standard InChI is InChI=1S/C13H7ClF5N3OS/c14-8-9(24-22-12(8)21-11(19)10(17)18)13(23)20-4-5-6(15)2-1-3-7(5)16/h1-3H,4H2,(H,20,23)(H,21,22). The van der Waals surface area contributed by atoms with E-state index in [0.717, 1.165) is 12.1 Å². The van der Waals surface area contributed by atoms with Gasteiger partial charge in [0.1, 0.15) is 21.5 Å². The predicted molar refractivity (Wildman–Crippen MR) is 78.6 cm³/mol. The Bertz CT molecular complexity index is 787. The minimum Gasteiger partial charge on any atom is -0.347 e. The van der Waals surface area contributed by atoms with Crippen LogP contribution in [0.2, 0.25) is 5.02 Å².